The molecule has 6 N–H and O–H groups in total. The number of fused-ring (bicyclic) bond motifs is 14. The summed E-state index contributed by atoms with van der Waals surface area (Å²) < 4.78 is 23.8. The van der Waals surface area contributed by atoms with Gasteiger partial charge in [0.25, 0.3) is 11.7 Å². The number of methoxy groups -OCH3 is 1. The van der Waals surface area contributed by atoms with Crippen LogP contribution in [0, 0.1) is 41.9 Å². The van der Waals surface area contributed by atoms with Crippen molar-refractivity contribution in [3.05, 3.63) is 88.2 Å². The number of hydrogen-bond donors (Lipinski definition) is 6. The number of benzene rings is 3. The molecule has 69 heavy (non-hydrogen) atoms. The van der Waals surface area contributed by atoms with Crippen LogP contribution in [-0.2, 0) is 30.3 Å². The molecule has 1 fully saturated rings. The lowest BCUT2D eigenvalue weighted by Gasteiger charge is -2.43. The number of piperazine rings is 1. The normalized spacial score (nSPS) is 31.1. The van der Waals surface area contributed by atoms with Gasteiger partial charge < -0.3 is 49.8 Å². The van der Waals surface area contributed by atoms with E-state index in [4.69, 9.17) is 24.0 Å². The summed E-state index contributed by atoms with van der Waals surface area (Å²) in [5, 5.41) is 77.8. The van der Waals surface area contributed by atoms with E-state index in [1.54, 1.807) is 45.9 Å². The fraction of sp³-hybridized carbons (Fsp3) is 0.481. The summed E-state index contributed by atoms with van der Waals surface area (Å²) in [6.45, 7) is 18.1. The molecular formula is C52H65N5O12. The molecule has 370 valence electrons. The van der Waals surface area contributed by atoms with E-state index in [0.717, 1.165) is 5.56 Å². The van der Waals surface area contributed by atoms with Crippen molar-refractivity contribution < 1.29 is 58.9 Å². The number of carbonyl (C=O) groups is 3. The number of aromatic hydroxyl groups is 3. The minimum absolute atomic E-state index is 0.0332. The first-order chi connectivity index (χ1) is 32.6. The van der Waals surface area contributed by atoms with Crippen molar-refractivity contribution in [2.24, 2.45) is 28.8 Å². The quantitative estimate of drug-likeness (QED) is 0.0664. The van der Waals surface area contributed by atoms with E-state index in [0.29, 0.717) is 25.2 Å². The second kappa shape index (κ2) is 21.0. The van der Waals surface area contributed by atoms with Crippen LogP contribution in [0.1, 0.15) is 94.9 Å². The number of aliphatic hydroxyl groups is 2. The zero-order chi connectivity index (χ0) is 50.8. The number of nitrogens with zero attached hydrogens (tertiary/aromatic N) is 4. The monoisotopic (exact) mass is 951 g/mol. The molecule has 4 aliphatic heterocycles. The Morgan fingerprint density at radius 2 is 1.62 bits per heavy atom. The molecule has 1 saturated heterocycles. The van der Waals surface area contributed by atoms with Gasteiger partial charge in [-0.2, -0.15) is 10.4 Å². The number of anilines is 1. The van der Waals surface area contributed by atoms with Crippen molar-refractivity contribution >= 4 is 40.3 Å². The molecule has 0 aliphatic carbocycles. The van der Waals surface area contributed by atoms with Gasteiger partial charge in [0, 0.05) is 80.8 Å². The highest BCUT2D eigenvalue weighted by molar-refractivity contribution is 6.23. The fourth-order valence-corrected chi connectivity index (χ4v) is 9.79. The molecule has 17 nitrogen and oxygen atoms in total. The van der Waals surface area contributed by atoms with Crippen molar-refractivity contribution in [2.75, 3.05) is 25.5 Å². The molecule has 2 unspecified atom stereocenters. The number of hydrazone groups is 1. The number of aliphatic hydroxyl groups excluding tert-OH is 2. The molecular weight excluding hydrogens is 887 g/mol. The number of Topliss-reactive ketones (excluding diaryl/α,β-unsaturated/α-hetero) is 1. The third-order valence-electron chi connectivity index (χ3n) is 13.8. The number of amides is 1. The third kappa shape index (κ3) is 10.3. The Balaban J connectivity index is 1.48. The van der Waals surface area contributed by atoms with Gasteiger partial charge in [0.2, 0.25) is 0 Å². The van der Waals surface area contributed by atoms with Gasteiger partial charge in [0.15, 0.2) is 5.75 Å². The minimum Gasteiger partial charge on any atom is -0.507 e. The van der Waals surface area contributed by atoms with Gasteiger partial charge in [-0.3, -0.25) is 24.3 Å². The predicted molar refractivity (Wildman–Crippen MR) is 259 cm³/mol. The standard InChI is InChI=1S/C52H65N5O12/c1-26-15-14-16-27(2)51(65)55-42-37(22-54-57-28(3)23-56(24-29(57)4)25-36-18-13-12-17-35(36)21-53)46(62)39-40(47(42)63)45(61)33(8)49-41(39)50(64)52(10,69-49)67-20-19-38(66-11)30(5)48(68-34(9)58)32(7)44(60)31(6)43(26)59/h12-20,22,26,28-32,38,43-44,48,59-63H,23-25H2,1-11H3,(H,55,65)/b15-14+,20-19+,27-16-,54-22+/t26-,28?,29?,30+,31+,32+,38-,43-,44+,48+,52-/m0/s1. The van der Waals surface area contributed by atoms with Crippen LogP contribution in [-0.4, -0.2) is 122 Å². The van der Waals surface area contributed by atoms with Gasteiger partial charge in [-0.25, -0.2) is 0 Å². The van der Waals surface area contributed by atoms with Crippen LogP contribution in [0.3, 0.4) is 0 Å². The van der Waals surface area contributed by atoms with Crippen molar-refractivity contribution in [3.63, 3.8) is 0 Å². The zero-order valence-corrected chi connectivity index (χ0v) is 41.1. The van der Waals surface area contributed by atoms with Crippen molar-refractivity contribution in [3.8, 4) is 29.1 Å². The van der Waals surface area contributed by atoms with Crippen molar-refractivity contribution in [2.45, 2.75) is 118 Å². The lowest BCUT2D eigenvalue weighted by Crippen LogP contribution is -2.54. The largest absolute Gasteiger partial charge is 0.507 e. The van der Waals surface area contributed by atoms with Crippen LogP contribution >= 0.6 is 0 Å². The lowest BCUT2D eigenvalue weighted by atomic mass is 9.78. The van der Waals surface area contributed by atoms with E-state index in [-0.39, 0.29) is 56.6 Å². The average Bonchev–Trinajstić information content (AvgIpc) is 3.57. The number of rotatable bonds is 6. The van der Waals surface area contributed by atoms with E-state index in [2.05, 4.69) is 16.3 Å². The van der Waals surface area contributed by atoms with Crippen LogP contribution < -0.4 is 10.1 Å². The molecule has 3 aromatic rings. The summed E-state index contributed by atoms with van der Waals surface area (Å²) in [6, 6.07) is 9.29. The molecule has 0 saturated carbocycles. The maximum atomic E-state index is 14.7. The second-order valence-corrected chi connectivity index (χ2v) is 18.9. The zero-order valence-electron chi connectivity index (χ0n) is 41.1. The van der Waals surface area contributed by atoms with Crippen LogP contribution in [0.2, 0.25) is 0 Å². The van der Waals surface area contributed by atoms with Gasteiger partial charge in [0.05, 0.1) is 76.7 Å². The lowest BCUT2D eigenvalue weighted by molar-refractivity contribution is -0.160. The van der Waals surface area contributed by atoms with Crippen LogP contribution in [0.5, 0.6) is 23.0 Å². The summed E-state index contributed by atoms with van der Waals surface area (Å²) >= 11 is 0. The Labute approximate surface area is 402 Å². The molecule has 3 aromatic carbocycles. The van der Waals surface area contributed by atoms with Crippen molar-refractivity contribution in [1.29, 1.82) is 5.26 Å². The molecule has 0 spiro atoms. The maximum Gasteiger partial charge on any atom is 0.312 e. The summed E-state index contributed by atoms with van der Waals surface area (Å²) in [5.41, 5.74) is 0.978. The Bertz CT molecular complexity index is 2630. The highest BCUT2D eigenvalue weighted by Crippen LogP contribution is 2.55. The van der Waals surface area contributed by atoms with Gasteiger partial charge in [-0.05, 0) is 45.4 Å². The Hall–Kier alpha value is -6.45. The summed E-state index contributed by atoms with van der Waals surface area (Å²) in [7, 11) is 1.43. The highest BCUT2D eigenvalue weighted by atomic mass is 16.7. The molecule has 1 amide bonds. The SMILES string of the molecule is CO[C@H]1/C=C/O[C@@]2(C)Oc3c(C)c(O)c4c(O)c(c(/C=N/N5C(C)CN(Cc6ccccc6C#N)CC5C)c(O)c4c3C2=O)NC(=O)/C(C)=C\C=C\[C@H](C)[C@H](O)[C@@H](C)[C@@H](O)[C@@H](C)[C@H](OC(C)=O)[C@@H]1C. The first-order valence-corrected chi connectivity index (χ1v) is 23.2. The Morgan fingerprint density at radius 1 is 0.957 bits per heavy atom. The molecule has 0 radical (unpaired) electrons. The first-order valence-electron chi connectivity index (χ1n) is 23.2. The van der Waals surface area contributed by atoms with Gasteiger partial charge in [-0.15, -0.1) is 0 Å². The average molecular weight is 952 g/mol. The number of esters is 1. The number of hydrogen-bond acceptors (Lipinski definition) is 16. The number of nitrogens with one attached hydrogen (secondary N) is 1. The number of allylic oxidation sites excluding steroid dienone is 2. The number of nitriles is 1. The van der Waals surface area contributed by atoms with Crippen LogP contribution in [0.25, 0.3) is 10.8 Å². The van der Waals surface area contributed by atoms with E-state index < -0.39 is 88.8 Å². The maximum absolute atomic E-state index is 14.7. The first kappa shape index (κ1) is 51.9. The van der Waals surface area contributed by atoms with E-state index in [1.165, 1.54) is 59.4 Å². The van der Waals surface area contributed by atoms with Gasteiger partial charge >= 0.3 is 11.8 Å². The number of ketones is 1. The third-order valence-corrected chi connectivity index (χ3v) is 13.8. The molecule has 7 rings (SSSR count). The number of ether oxygens (including phenoxy) is 4. The van der Waals surface area contributed by atoms with Crippen LogP contribution in [0.4, 0.5) is 5.69 Å². The smallest absolute Gasteiger partial charge is 0.312 e. The van der Waals surface area contributed by atoms with Crippen LogP contribution in [0.15, 0.2) is 65.5 Å². The Kier molecular flexibility index (Phi) is 15.8. The molecule has 4 aliphatic rings. The van der Waals surface area contributed by atoms with E-state index in [1.807, 2.05) is 37.1 Å². The number of carbonyl (C=O) groups excluding carboxylic acids is 3. The Morgan fingerprint density at radius 3 is 2.26 bits per heavy atom. The fourth-order valence-electron chi connectivity index (χ4n) is 9.79. The second-order valence-electron chi connectivity index (χ2n) is 18.9. The van der Waals surface area contributed by atoms with Gasteiger partial charge in [-0.1, -0.05) is 64.1 Å². The number of phenolic OH excluding ortho intramolecular Hbond substituents is 3. The molecule has 5 bridgehead atoms. The predicted octanol–water partition coefficient (Wildman–Crippen LogP) is 6.55. The highest BCUT2D eigenvalue weighted by Gasteiger charge is 2.50. The minimum atomic E-state index is -2.09. The molecule has 11 atom stereocenters. The summed E-state index contributed by atoms with van der Waals surface area (Å²) in [4.78, 5) is 43.3. The van der Waals surface area contributed by atoms with Gasteiger partial charge in [0.1, 0.15) is 23.4 Å². The molecule has 4 heterocycles. The van der Waals surface area contributed by atoms with E-state index >= 15 is 0 Å². The van der Waals surface area contributed by atoms with Crippen molar-refractivity contribution in [1.82, 2.24) is 9.91 Å². The number of phenols is 3. The molecule has 0 aromatic heterocycles. The topological polar surface area (TPSA) is 244 Å². The summed E-state index contributed by atoms with van der Waals surface area (Å²) in [6.07, 6.45) is 4.74. The van der Waals surface area contributed by atoms with E-state index in [9.17, 15) is 45.2 Å². The summed E-state index contributed by atoms with van der Waals surface area (Å²) in [5.74, 6) is -8.67. The molecule has 17 heteroatoms.